The van der Waals surface area contributed by atoms with Gasteiger partial charge in [0.05, 0.1) is 18.1 Å². The maximum Gasteiger partial charge on any atom is 0.408 e. The van der Waals surface area contributed by atoms with Gasteiger partial charge in [-0.2, -0.15) is 0 Å². The third-order valence-electron chi connectivity index (χ3n) is 4.66. The highest BCUT2D eigenvalue weighted by Crippen LogP contribution is 2.34. The molecule has 1 saturated heterocycles. The Bertz CT molecular complexity index is 678. The molecule has 1 atom stereocenters. The minimum atomic E-state index is -0.596. The van der Waals surface area contributed by atoms with Gasteiger partial charge in [0.2, 0.25) is 5.91 Å². The van der Waals surface area contributed by atoms with Gasteiger partial charge in [-0.05, 0) is 58.2 Å². The average molecular weight is 392 g/mol. The molecule has 156 valence electrons. The van der Waals surface area contributed by atoms with Crippen LogP contribution in [0.3, 0.4) is 0 Å². The number of hydrogen-bond donors (Lipinski definition) is 2. The summed E-state index contributed by atoms with van der Waals surface area (Å²) in [5.41, 5.74) is 0.424. The summed E-state index contributed by atoms with van der Waals surface area (Å²) in [4.78, 5) is 24.6. The number of rotatable bonds is 6. The Hall–Kier alpha value is -2.12. The molecule has 1 unspecified atom stereocenters. The van der Waals surface area contributed by atoms with Gasteiger partial charge in [-0.25, -0.2) is 4.79 Å². The lowest BCUT2D eigenvalue weighted by Gasteiger charge is -2.39. The molecule has 1 aliphatic rings. The molecule has 1 aromatic carbocycles. The molecule has 0 aliphatic carbocycles. The summed E-state index contributed by atoms with van der Waals surface area (Å²) in [6.45, 7) is 8.43. The van der Waals surface area contributed by atoms with Crippen LogP contribution in [0.1, 0.15) is 52.5 Å². The molecule has 1 aliphatic heterocycles. The second-order valence-electron chi connectivity index (χ2n) is 8.20. The van der Waals surface area contributed by atoms with Gasteiger partial charge in [0.1, 0.15) is 5.60 Å². The quantitative estimate of drug-likeness (QED) is 0.773. The average Bonchev–Trinajstić information content (AvgIpc) is 2.60. The fraction of sp³-hybridized carbons (Fsp3) is 0.619. The van der Waals surface area contributed by atoms with Crippen LogP contribution in [0.4, 0.5) is 10.5 Å². The zero-order valence-electron chi connectivity index (χ0n) is 17.5. The minimum Gasteiger partial charge on any atom is -0.444 e. The van der Waals surface area contributed by atoms with Gasteiger partial charge in [-0.1, -0.05) is 12.1 Å². The number of benzene rings is 1. The van der Waals surface area contributed by atoms with E-state index >= 15 is 0 Å². The molecule has 0 bridgehead atoms. The Morgan fingerprint density at radius 3 is 2.54 bits per heavy atom. The zero-order chi connectivity index (χ0) is 20.8. The van der Waals surface area contributed by atoms with E-state index < -0.39 is 17.2 Å². The van der Waals surface area contributed by atoms with Gasteiger partial charge in [0, 0.05) is 26.0 Å². The first-order valence-electron chi connectivity index (χ1n) is 9.66. The van der Waals surface area contributed by atoms with Gasteiger partial charge in [0.25, 0.3) is 0 Å². The molecule has 1 heterocycles. The number of amides is 2. The van der Waals surface area contributed by atoms with E-state index in [0.717, 1.165) is 5.56 Å². The summed E-state index contributed by atoms with van der Waals surface area (Å²) in [5, 5.41) is 5.95. The van der Waals surface area contributed by atoms with Gasteiger partial charge in [-0.3, -0.25) is 4.79 Å². The lowest BCUT2D eigenvalue weighted by molar-refractivity contribution is -0.118. The highest BCUT2D eigenvalue weighted by atomic mass is 16.6. The summed E-state index contributed by atoms with van der Waals surface area (Å²) < 4.78 is 16.1. The van der Waals surface area contributed by atoms with Crippen molar-refractivity contribution in [3.05, 3.63) is 29.8 Å². The van der Waals surface area contributed by atoms with Gasteiger partial charge >= 0.3 is 6.09 Å². The third-order valence-corrected chi connectivity index (χ3v) is 4.66. The van der Waals surface area contributed by atoms with E-state index in [0.29, 0.717) is 31.7 Å². The van der Waals surface area contributed by atoms with E-state index in [1.807, 2.05) is 52.0 Å². The number of carbonyl (C=O) groups excluding carboxylic acids is 2. The molecule has 2 N–H and O–H groups in total. The van der Waals surface area contributed by atoms with E-state index in [4.69, 9.17) is 14.2 Å². The predicted molar refractivity (Wildman–Crippen MR) is 107 cm³/mol. The second kappa shape index (κ2) is 9.39. The molecular formula is C21H32N2O5. The van der Waals surface area contributed by atoms with E-state index in [9.17, 15) is 9.59 Å². The first-order chi connectivity index (χ1) is 13.1. The van der Waals surface area contributed by atoms with Crippen LogP contribution in [0.5, 0.6) is 0 Å². The monoisotopic (exact) mass is 392 g/mol. The molecule has 0 aromatic heterocycles. The number of ether oxygens (including phenoxy) is 3. The van der Waals surface area contributed by atoms with Gasteiger partial charge < -0.3 is 24.8 Å². The summed E-state index contributed by atoms with van der Waals surface area (Å²) in [5.74, 6) is -0.118. The van der Waals surface area contributed by atoms with E-state index in [1.54, 1.807) is 7.11 Å². The first-order valence-corrected chi connectivity index (χ1v) is 9.66. The van der Waals surface area contributed by atoms with Crippen LogP contribution < -0.4 is 10.6 Å². The molecule has 1 aromatic rings. The molecule has 28 heavy (non-hydrogen) atoms. The van der Waals surface area contributed by atoms with Crippen LogP contribution in [-0.4, -0.2) is 44.0 Å². The van der Waals surface area contributed by atoms with Crippen LogP contribution in [0.15, 0.2) is 24.3 Å². The standard InChI is InChI=1S/C21H32N2O5/c1-15(26-5)13-18(24)22-17-8-6-7-16(14-17)21(9-11-27-12-10-21)23-19(25)28-20(2,3)4/h6-8,14-15H,9-13H2,1-5H3,(H,22,24)(H,23,25). The maximum absolute atomic E-state index is 12.5. The number of alkyl carbamates (subject to hydrolysis) is 1. The molecular weight excluding hydrogens is 360 g/mol. The predicted octanol–water partition coefficient (Wildman–Crippen LogP) is 3.58. The topological polar surface area (TPSA) is 85.9 Å². The normalized spacial score (nSPS) is 17.5. The van der Waals surface area contributed by atoms with Crippen molar-refractivity contribution in [3.8, 4) is 0 Å². The van der Waals surface area contributed by atoms with Gasteiger partial charge in [-0.15, -0.1) is 0 Å². The van der Waals surface area contributed by atoms with Crippen LogP contribution in [0.25, 0.3) is 0 Å². The molecule has 0 radical (unpaired) electrons. The number of hydrogen-bond acceptors (Lipinski definition) is 5. The highest BCUT2D eigenvalue weighted by molar-refractivity contribution is 5.91. The summed E-state index contributed by atoms with van der Waals surface area (Å²) in [7, 11) is 1.58. The zero-order valence-corrected chi connectivity index (χ0v) is 17.5. The van der Waals surface area contributed by atoms with E-state index in [1.165, 1.54) is 0 Å². The lowest BCUT2D eigenvalue weighted by atomic mass is 9.82. The lowest BCUT2D eigenvalue weighted by Crippen LogP contribution is -2.50. The SMILES string of the molecule is COC(C)CC(=O)Nc1cccc(C2(NC(=O)OC(C)(C)C)CCOCC2)c1. The summed E-state index contributed by atoms with van der Waals surface area (Å²) in [6, 6.07) is 7.56. The van der Waals surface area contributed by atoms with Crippen LogP contribution in [0, 0.1) is 0 Å². The van der Waals surface area contributed by atoms with E-state index in [-0.39, 0.29) is 18.4 Å². The number of carbonyl (C=O) groups is 2. The third kappa shape index (κ3) is 6.49. The van der Waals surface area contributed by atoms with Crippen molar-refractivity contribution >= 4 is 17.7 Å². The smallest absolute Gasteiger partial charge is 0.408 e. The fourth-order valence-electron chi connectivity index (χ4n) is 3.16. The molecule has 1 fully saturated rings. The Labute approximate surface area is 167 Å². The first kappa shape index (κ1) is 22.2. The number of anilines is 1. The van der Waals surface area contributed by atoms with Crippen molar-refractivity contribution in [2.75, 3.05) is 25.6 Å². The number of methoxy groups -OCH3 is 1. The van der Waals surface area contributed by atoms with Crippen LogP contribution in [0.2, 0.25) is 0 Å². The molecule has 2 amide bonds. The van der Waals surface area contributed by atoms with Crippen LogP contribution in [-0.2, 0) is 24.5 Å². The Kier molecular flexibility index (Phi) is 7.43. The molecule has 7 heteroatoms. The van der Waals surface area contributed by atoms with E-state index in [2.05, 4.69) is 10.6 Å². The van der Waals surface area contributed by atoms with Crippen molar-refractivity contribution in [1.82, 2.24) is 5.32 Å². The van der Waals surface area contributed by atoms with Crippen molar-refractivity contribution in [2.24, 2.45) is 0 Å². The summed E-state index contributed by atoms with van der Waals surface area (Å²) >= 11 is 0. The largest absolute Gasteiger partial charge is 0.444 e. The molecule has 7 nitrogen and oxygen atoms in total. The maximum atomic E-state index is 12.5. The van der Waals surface area contributed by atoms with Gasteiger partial charge in [0.15, 0.2) is 0 Å². The van der Waals surface area contributed by atoms with Crippen LogP contribution >= 0.6 is 0 Å². The van der Waals surface area contributed by atoms with Crippen molar-refractivity contribution < 1.29 is 23.8 Å². The van der Waals surface area contributed by atoms with Crippen molar-refractivity contribution in [3.63, 3.8) is 0 Å². The Morgan fingerprint density at radius 1 is 1.25 bits per heavy atom. The minimum absolute atomic E-state index is 0.118. The number of nitrogens with one attached hydrogen (secondary N) is 2. The Morgan fingerprint density at radius 2 is 1.93 bits per heavy atom. The summed E-state index contributed by atoms with van der Waals surface area (Å²) in [6.07, 6.45) is 0.918. The van der Waals surface area contributed by atoms with Crippen molar-refractivity contribution in [2.45, 2.75) is 64.2 Å². The highest BCUT2D eigenvalue weighted by Gasteiger charge is 2.37. The fourth-order valence-corrected chi connectivity index (χ4v) is 3.16. The van der Waals surface area contributed by atoms with Crippen molar-refractivity contribution in [1.29, 1.82) is 0 Å². The molecule has 0 spiro atoms. The second-order valence-corrected chi connectivity index (χ2v) is 8.20. The molecule has 2 rings (SSSR count). The Balaban J connectivity index is 2.19. The molecule has 0 saturated carbocycles.